The minimum atomic E-state index is -4.06. The van der Waals surface area contributed by atoms with Crippen LogP contribution in [0.2, 0.25) is 5.02 Å². The number of anilines is 1. The molecule has 2 aromatic carbocycles. The van der Waals surface area contributed by atoms with Crippen molar-refractivity contribution in [2.45, 2.75) is 36.2 Å². The van der Waals surface area contributed by atoms with Crippen LogP contribution in [-0.4, -0.2) is 36.6 Å². The summed E-state index contributed by atoms with van der Waals surface area (Å²) in [6.07, 6.45) is 0.983. The molecule has 28 heavy (non-hydrogen) atoms. The number of benzene rings is 2. The van der Waals surface area contributed by atoms with Crippen molar-refractivity contribution in [3.8, 4) is 0 Å². The maximum atomic E-state index is 13.2. The average molecular weight is 423 g/mol. The van der Waals surface area contributed by atoms with E-state index in [9.17, 15) is 22.4 Å². The summed E-state index contributed by atoms with van der Waals surface area (Å²) in [4.78, 5) is 26.4. The molecule has 0 N–H and O–H groups in total. The van der Waals surface area contributed by atoms with E-state index >= 15 is 0 Å². The molecule has 146 valence electrons. The van der Waals surface area contributed by atoms with Gasteiger partial charge in [-0.15, -0.1) is 0 Å². The predicted molar refractivity (Wildman–Crippen MR) is 101 cm³/mol. The SMILES string of the molecule is O=C1CC(N(C2CC2)S(=O)(=O)c2ccc(F)cc2)C(=O)N1c1ccc(Cl)cc1. The summed E-state index contributed by atoms with van der Waals surface area (Å²) in [5, 5.41) is 0.456. The second-order valence-electron chi connectivity index (χ2n) is 6.78. The zero-order valence-corrected chi connectivity index (χ0v) is 16.2. The van der Waals surface area contributed by atoms with Crippen LogP contribution in [0.15, 0.2) is 53.4 Å². The Bertz CT molecular complexity index is 1040. The molecule has 2 amide bonds. The van der Waals surface area contributed by atoms with Crippen molar-refractivity contribution in [1.29, 1.82) is 0 Å². The van der Waals surface area contributed by atoms with E-state index in [0.717, 1.165) is 33.5 Å². The molecule has 1 aliphatic heterocycles. The van der Waals surface area contributed by atoms with Crippen molar-refractivity contribution < 1.29 is 22.4 Å². The molecular weight excluding hydrogens is 407 g/mol. The minimum Gasteiger partial charge on any atom is -0.274 e. The van der Waals surface area contributed by atoms with Crippen LogP contribution in [0, 0.1) is 5.82 Å². The predicted octanol–water partition coefficient (Wildman–Crippen LogP) is 2.96. The highest BCUT2D eigenvalue weighted by Gasteiger charge is 2.51. The summed E-state index contributed by atoms with van der Waals surface area (Å²) >= 11 is 5.86. The molecule has 2 fully saturated rings. The van der Waals surface area contributed by atoms with Gasteiger partial charge in [-0.3, -0.25) is 9.59 Å². The Balaban J connectivity index is 1.69. The first-order valence-corrected chi connectivity index (χ1v) is 10.5. The number of imide groups is 1. The number of sulfonamides is 1. The van der Waals surface area contributed by atoms with Crippen LogP contribution >= 0.6 is 11.6 Å². The van der Waals surface area contributed by atoms with Crippen molar-refractivity contribution in [3.05, 3.63) is 59.4 Å². The molecule has 9 heteroatoms. The normalized spacial score (nSPS) is 20.2. The number of hydrogen-bond donors (Lipinski definition) is 0. The van der Waals surface area contributed by atoms with Gasteiger partial charge in [0.1, 0.15) is 11.9 Å². The van der Waals surface area contributed by atoms with Crippen molar-refractivity contribution >= 4 is 39.1 Å². The molecule has 4 rings (SSSR count). The maximum absolute atomic E-state index is 13.2. The van der Waals surface area contributed by atoms with E-state index in [4.69, 9.17) is 11.6 Å². The van der Waals surface area contributed by atoms with Gasteiger partial charge in [0.05, 0.1) is 17.0 Å². The minimum absolute atomic E-state index is 0.106. The smallest absolute Gasteiger partial charge is 0.252 e. The first-order chi connectivity index (χ1) is 13.3. The van der Waals surface area contributed by atoms with Crippen LogP contribution in [0.5, 0.6) is 0 Å². The Morgan fingerprint density at radius 2 is 1.61 bits per heavy atom. The van der Waals surface area contributed by atoms with Gasteiger partial charge in [0.25, 0.3) is 5.91 Å². The summed E-state index contributed by atoms with van der Waals surface area (Å²) in [6, 6.07) is 9.16. The summed E-state index contributed by atoms with van der Waals surface area (Å²) in [5.74, 6) is -1.62. The number of nitrogens with zero attached hydrogens (tertiary/aromatic N) is 2. The molecule has 2 aromatic rings. The van der Waals surface area contributed by atoms with Gasteiger partial charge in [0.15, 0.2) is 0 Å². The number of carbonyl (C=O) groups is 2. The molecule has 1 unspecified atom stereocenters. The number of halogens is 2. The fraction of sp³-hybridized carbons (Fsp3) is 0.263. The van der Waals surface area contributed by atoms with Gasteiger partial charge in [0.2, 0.25) is 15.9 Å². The van der Waals surface area contributed by atoms with Gasteiger partial charge in [-0.25, -0.2) is 17.7 Å². The Labute approximate surface area is 166 Å². The molecule has 1 saturated heterocycles. The van der Waals surface area contributed by atoms with Gasteiger partial charge in [-0.1, -0.05) is 11.6 Å². The van der Waals surface area contributed by atoms with Gasteiger partial charge in [-0.2, -0.15) is 4.31 Å². The van der Waals surface area contributed by atoms with E-state index in [2.05, 4.69) is 0 Å². The van der Waals surface area contributed by atoms with Crippen molar-refractivity contribution in [2.75, 3.05) is 4.90 Å². The molecular formula is C19H16ClFN2O4S. The van der Waals surface area contributed by atoms with Crippen molar-refractivity contribution in [1.82, 2.24) is 4.31 Å². The van der Waals surface area contributed by atoms with Crippen LogP contribution in [0.25, 0.3) is 0 Å². The Morgan fingerprint density at radius 3 is 2.18 bits per heavy atom. The highest BCUT2D eigenvalue weighted by molar-refractivity contribution is 7.89. The van der Waals surface area contributed by atoms with Crippen LogP contribution in [0.3, 0.4) is 0 Å². The lowest BCUT2D eigenvalue weighted by atomic mass is 10.2. The first kappa shape index (κ1) is 19.0. The van der Waals surface area contributed by atoms with Gasteiger partial charge in [-0.05, 0) is 61.4 Å². The van der Waals surface area contributed by atoms with Crippen LogP contribution < -0.4 is 4.90 Å². The zero-order valence-electron chi connectivity index (χ0n) is 14.6. The molecule has 1 saturated carbocycles. The number of carbonyl (C=O) groups excluding carboxylic acids is 2. The Kier molecular flexibility index (Phi) is 4.73. The fourth-order valence-electron chi connectivity index (χ4n) is 3.35. The zero-order chi connectivity index (χ0) is 20.1. The van der Waals surface area contributed by atoms with Gasteiger partial charge in [0, 0.05) is 11.1 Å². The third-order valence-electron chi connectivity index (χ3n) is 4.81. The molecule has 1 heterocycles. The van der Waals surface area contributed by atoms with E-state index in [-0.39, 0.29) is 17.4 Å². The molecule has 1 atom stereocenters. The summed E-state index contributed by atoms with van der Waals surface area (Å²) in [6.45, 7) is 0. The largest absolute Gasteiger partial charge is 0.274 e. The third-order valence-corrected chi connectivity index (χ3v) is 7.04. The summed E-state index contributed by atoms with van der Waals surface area (Å²) in [5.41, 5.74) is 0.344. The van der Waals surface area contributed by atoms with Gasteiger partial charge >= 0.3 is 0 Å². The topological polar surface area (TPSA) is 74.8 Å². The van der Waals surface area contributed by atoms with Crippen LogP contribution in [0.4, 0.5) is 10.1 Å². The molecule has 0 aromatic heterocycles. The molecule has 6 nitrogen and oxygen atoms in total. The lowest BCUT2D eigenvalue weighted by Gasteiger charge is -2.26. The van der Waals surface area contributed by atoms with E-state index in [1.807, 2.05) is 0 Å². The monoisotopic (exact) mass is 422 g/mol. The lowest BCUT2D eigenvalue weighted by molar-refractivity contribution is -0.122. The first-order valence-electron chi connectivity index (χ1n) is 8.70. The number of rotatable bonds is 5. The fourth-order valence-corrected chi connectivity index (χ4v) is 5.30. The van der Waals surface area contributed by atoms with E-state index in [1.165, 1.54) is 12.1 Å². The van der Waals surface area contributed by atoms with Crippen LogP contribution in [-0.2, 0) is 19.6 Å². The van der Waals surface area contributed by atoms with Crippen LogP contribution in [0.1, 0.15) is 19.3 Å². The number of hydrogen-bond acceptors (Lipinski definition) is 4. The van der Waals surface area contributed by atoms with E-state index in [1.54, 1.807) is 12.1 Å². The van der Waals surface area contributed by atoms with Crippen molar-refractivity contribution in [2.24, 2.45) is 0 Å². The third kappa shape index (κ3) is 3.32. The van der Waals surface area contributed by atoms with Gasteiger partial charge < -0.3 is 0 Å². The maximum Gasteiger partial charge on any atom is 0.252 e. The quantitative estimate of drug-likeness (QED) is 0.694. The van der Waals surface area contributed by atoms with E-state index < -0.39 is 33.7 Å². The molecule has 0 bridgehead atoms. The van der Waals surface area contributed by atoms with E-state index in [0.29, 0.717) is 23.6 Å². The molecule has 0 spiro atoms. The lowest BCUT2D eigenvalue weighted by Crippen LogP contribution is -2.46. The number of amides is 2. The summed E-state index contributed by atoms with van der Waals surface area (Å²) in [7, 11) is -4.06. The molecule has 0 radical (unpaired) electrons. The molecule has 1 aliphatic carbocycles. The Hall–Kier alpha value is -2.29. The van der Waals surface area contributed by atoms with Crippen molar-refractivity contribution in [3.63, 3.8) is 0 Å². The standard InChI is InChI=1S/C19H16ClFN2O4S/c20-12-1-5-14(6-2-12)22-18(24)11-17(19(22)25)23(15-7-8-15)28(26,27)16-9-3-13(21)4-10-16/h1-6,9-10,15,17H,7-8,11H2. The highest BCUT2D eigenvalue weighted by atomic mass is 35.5. The summed E-state index contributed by atoms with van der Waals surface area (Å²) < 4.78 is 40.6. The average Bonchev–Trinajstić information content (AvgIpc) is 3.43. The highest BCUT2D eigenvalue weighted by Crippen LogP contribution is 2.38. The second kappa shape index (κ2) is 6.95. The Morgan fingerprint density at radius 1 is 1.00 bits per heavy atom. The second-order valence-corrected chi connectivity index (χ2v) is 9.06. The molecule has 2 aliphatic rings.